The molecular weight excluding hydrogens is 348 g/mol. The zero-order valence-electron chi connectivity index (χ0n) is 16.9. The van der Waals surface area contributed by atoms with Gasteiger partial charge in [-0.25, -0.2) is 0 Å². The minimum absolute atomic E-state index is 0.0655. The van der Waals surface area contributed by atoms with Crippen molar-refractivity contribution in [3.63, 3.8) is 0 Å². The Kier molecular flexibility index (Phi) is 7.29. The molecule has 1 aliphatic carbocycles. The second-order valence-corrected chi connectivity index (χ2v) is 7.65. The van der Waals surface area contributed by atoms with Crippen LogP contribution in [0.5, 0.6) is 0 Å². The molecule has 2 aromatic rings. The third-order valence-corrected chi connectivity index (χ3v) is 5.78. The first-order chi connectivity index (χ1) is 13.7. The average Bonchev–Trinajstić information content (AvgIpc) is 3.22. The fourth-order valence-electron chi connectivity index (χ4n) is 4.14. The summed E-state index contributed by atoms with van der Waals surface area (Å²) in [6.45, 7) is 2.51. The Labute approximate surface area is 167 Å². The van der Waals surface area contributed by atoms with E-state index in [1.165, 1.54) is 31.2 Å². The van der Waals surface area contributed by atoms with Gasteiger partial charge in [0.15, 0.2) is 5.96 Å². The summed E-state index contributed by atoms with van der Waals surface area (Å²) in [4.78, 5) is 16.1. The summed E-state index contributed by atoms with van der Waals surface area (Å²) < 4.78 is 1.76. The fraction of sp³-hybridized carbons (Fsp3) is 0.478. The normalized spacial score (nSPS) is 16.1. The minimum atomic E-state index is 0.0655. The highest BCUT2D eigenvalue weighted by molar-refractivity contribution is 5.79. The lowest BCUT2D eigenvalue weighted by Gasteiger charge is -2.30. The van der Waals surface area contributed by atoms with Crippen molar-refractivity contribution < 1.29 is 0 Å². The number of guanidine groups is 1. The Morgan fingerprint density at radius 1 is 1.04 bits per heavy atom. The molecule has 5 heteroatoms. The van der Waals surface area contributed by atoms with Gasteiger partial charge in [-0.2, -0.15) is 0 Å². The molecule has 2 N–H and O–H groups in total. The van der Waals surface area contributed by atoms with Crippen LogP contribution in [-0.2, 0) is 12.0 Å². The van der Waals surface area contributed by atoms with Crippen LogP contribution in [0.4, 0.5) is 0 Å². The Balaban J connectivity index is 1.44. The van der Waals surface area contributed by atoms with Crippen molar-refractivity contribution in [3.8, 4) is 0 Å². The summed E-state index contributed by atoms with van der Waals surface area (Å²) in [5.74, 6) is 0.860. The zero-order valence-corrected chi connectivity index (χ0v) is 16.9. The van der Waals surface area contributed by atoms with Crippen LogP contribution in [0.3, 0.4) is 0 Å². The summed E-state index contributed by atoms with van der Waals surface area (Å²) in [5.41, 5.74) is 1.72. The molecule has 1 fully saturated rings. The summed E-state index contributed by atoms with van der Waals surface area (Å²) >= 11 is 0. The van der Waals surface area contributed by atoms with Crippen molar-refractivity contribution in [3.05, 3.63) is 70.6 Å². The number of aliphatic imine (C=N–C) groups is 1. The molecule has 1 aliphatic rings. The molecule has 1 saturated carbocycles. The minimum Gasteiger partial charge on any atom is -0.356 e. The van der Waals surface area contributed by atoms with E-state index in [4.69, 9.17) is 0 Å². The van der Waals surface area contributed by atoms with Gasteiger partial charge < -0.3 is 15.2 Å². The lowest BCUT2D eigenvalue weighted by molar-refractivity contribution is 0.431. The molecule has 0 amide bonds. The van der Waals surface area contributed by atoms with Gasteiger partial charge in [-0.05, 0) is 37.3 Å². The topological polar surface area (TPSA) is 58.4 Å². The summed E-state index contributed by atoms with van der Waals surface area (Å²) in [5, 5.41) is 6.97. The SMILES string of the molecule is CN=C(NCCCCn1ccccc1=O)NCC1(c2ccccc2)CCCC1. The van der Waals surface area contributed by atoms with Crippen LogP contribution < -0.4 is 16.2 Å². The van der Waals surface area contributed by atoms with Crippen molar-refractivity contribution in [2.45, 2.75) is 50.5 Å². The lowest BCUT2D eigenvalue weighted by Crippen LogP contribution is -2.45. The number of pyridine rings is 1. The van der Waals surface area contributed by atoms with Crippen molar-refractivity contribution in [1.29, 1.82) is 0 Å². The number of rotatable bonds is 8. The molecule has 1 aromatic heterocycles. The molecule has 5 nitrogen and oxygen atoms in total. The van der Waals surface area contributed by atoms with Gasteiger partial charge in [-0.1, -0.05) is 49.2 Å². The van der Waals surface area contributed by atoms with E-state index >= 15 is 0 Å². The van der Waals surface area contributed by atoms with Crippen molar-refractivity contribution in [1.82, 2.24) is 15.2 Å². The number of nitrogens with one attached hydrogen (secondary N) is 2. The predicted octanol–water partition coefficient (Wildman–Crippen LogP) is 3.31. The number of aryl methyl sites for hydroxylation is 1. The number of hydrogen-bond acceptors (Lipinski definition) is 2. The molecular formula is C23H32N4O. The van der Waals surface area contributed by atoms with Crippen LogP contribution in [0.15, 0.2) is 64.5 Å². The van der Waals surface area contributed by atoms with Crippen molar-refractivity contribution in [2.75, 3.05) is 20.1 Å². The van der Waals surface area contributed by atoms with Gasteiger partial charge in [-0.3, -0.25) is 9.79 Å². The monoisotopic (exact) mass is 380 g/mol. The van der Waals surface area contributed by atoms with E-state index in [0.29, 0.717) is 0 Å². The van der Waals surface area contributed by atoms with E-state index in [9.17, 15) is 4.79 Å². The second kappa shape index (κ2) is 10.1. The van der Waals surface area contributed by atoms with E-state index in [-0.39, 0.29) is 11.0 Å². The average molecular weight is 381 g/mol. The third kappa shape index (κ3) is 5.24. The Hall–Kier alpha value is -2.56. The number of benzene rings is 1. The fourth-order valence-corrected chi connectivity index (χ4v) is 4.14. The lowest BCUT2D eigenvalue weighted by atomic mass is 9.79. The van der Waals surface area contributed by atoms with Gasteiger partial charge in [0, 0.05) is 44.4 Å². The van der Waals surface area contributed by atoms with Crippen molar-refractivity contribution >= 4 is 5.96 Å². The molecule has 28 heavy (non-hydrogen) atoms. The highest BCUT2D eigenvalue weighted by Gasteiger charge is 2.35. The smallest absolute Gasteiger partial charge is 0.250 e. The molecule has 150 valence electrons. The molecule has 3 rings (SSSR count). The van der Waals surface area contributed by atoms with Crippen LogP contribution in [0, 0.1) is 0 Å². The molecule has 0 aliphatic heterocycles. The Morgan fingerprint density at radius 2 is 1.79 bits per heavy atom. The van der Waals surface area contributed by atoms with Crippen LogP contribution in [0.2, 0.25) is 0 Å². The van der Waals surface area contributed by atoms with E-state index < -0.39 is 0 Å². The summed E-state index contributed by atoms with van der Waals surface area (Å²) in [6, 6.07) is 16.2. The van der Waals surface area contributed by atoms with E-state index in [1.54, 1.807) is 16.7 Å². The van der Waals surface area contributed by atoms with Gasteiger partial charge in [0.2, 0.25) is 5.56 Å². The molecule has 1 aromatic carbocycles. The molecule has 0 bridgehead atoms. The summed E-state index contributed by atoms with van der Waals surface area (Å²) in [7, 11) is 1.82. The maximum atomic E-state index is 11.7. The highest BCUT2D eigenvalue weighted by atomic mass is 16.1. The number of unbranched alkanes of at least 4 members (excludes halogenated alkanes) is 1. The van der Waals surface area contributed by atoms with Gasteiger partial charge in [0.05, 0.1) is 0 Å². The first kappa shape index (κ1) is 20.2. The third-order valence-electron chi connectivity index (χ3n) is 5.78. The highest BCUT2D eigenvalue weighted by Crippen LogP contribution is 2.40. The van der Waals surface area contributed by atoms with E-state index in [2.05, 4.69) is 46.0 Å². The molecule has 0 spiro atoms. The number of nitrogens with zero attached hydrogens (tertiary/aromatic N) is 2. The van der Waals surface area contributed by atoms with Gasteiger partial charge in [0.25, 0.3) is 0 Å². The van der Waals surface area contributed by atoms with Gasteiger partial charge >= 0.3 is 0 Å². The van der Waals surface area contributed by atoms with Crippen LogP contribution in [0.1, 0.15) is 44.1 Å². The molecule has 0 atom stereocenters. The Morgan fingerprint density at radius 3 is 2.50 bits per heavy atom. The quantitative estimate of drug-likeness (QED) is 0.420. The zero-order chi connectivity index (χ0) is 19.7. The first-order valence-electron chi connectivity index (χ1n) is 10.4. The largest absolute Gasteiger partial charge is 0.356 e. The maximum absolute atomic E-state index is 11.7. The molecule has 0 unspecified atom stereocenters. The Bertz CT molecular complexity index is 807. The van der Waals surface area contributed by atoms with Crippen LogP contribution in [0.25, 0.3) is 0 Å². The van der Waals surface area contributed by atoms with Gasteiger partial charge in [0.1, 0.15) is 0 Å². The van der Waals surface area contributed by atoms with Gasteiger partial charge in [-0.15, -0.1) is 0 Å². The first-order valence-corrected chi connectivity index (χ1v) is 10.4. The number of hydrogen-bond donors (Lipinski definition) is 2. The molecule has 0 saturated heterocycles. The van der Waals surface area contributed by atoms with Crippen LogP contribution >= 0.6 is 0 Å². The van der Waals surface area contributed by atoms with Crippen LogP contribution in [-0.4, -0.2) is 30.7 Å². The second-order valence-electron chi connectivity index (χ2n) is 7.65. The molecule has 0 radical (unpaired) electrons. The van der Waals surface area contributed by atoms with E-state index in [0.717, 1.165) is 38.4 Å². The predicted molar refractivity (Wildman–Crippen MR) is 116 cm³/mol. The standard InChI is InChI=1S/C23H32N4O/c1-24-22(25-16-8-10-18-27-17-9-5-13-21(27)28)26-19-23(14-6-7-15-23)20-11-3-2-4-12-20/h2-5,9,11-13,17H,6-8,10,14-16,18-19H2,1H3,(H2,24,25,26). The maximum Gasteiger partial charge on any atom is 0.250 e. The van der Waals surface area contributed by atoms with E-state index in [1.807, 2.05) is 19.3 Å². The number of aromatic nitrogens is 1. The van der Waals surface area contributed by atoms with Crippen molar-refractivity contribution in [2.24, 2.45) is 4.99 Å². The summed E-state index contributed by atoms with van der Waals surface area (Å²) in [6.07, 6.45) is 8.84. The molecule has 1 heterocycles.